The lowest BCUT2D eigenvalue weighted by Crippen LogP contribution is -2.56. The van der Waals surface area contributed by atoms with Gasteiger partial charge in [-0.05, 0) is 69.2 Å². The van der Waals surface area contributed by atoms with Gasteiger partial charge in [0.15, 0.2) is 0 Å². The van der Waals surface area contributed by atoms with Crippen LogP contribution in [0.5, 0.6) is 5.75 Å². The number of primary amides is 1. The van der Waals surface area contributed by atoms with Gasteiger partial charge in [-0.25, -0.2) is 9.79 Å². The summed E-state index contributed by atoms with van der Waals surface area (Å²) in [5.41, 5.74) is 8.21. The van der Waals surface area contributed by atoms with E-state index >= 15 is 0 Å². The number of alkyl carbamates (subject to hydrolysis) is 1. The first-order valence-corrected chi connectivity index (χ1v) is 16.1. The summed E-state index contributed by atoms with van der Waals surface area (Å²) < 4.78 is 16.8. The fraction of sp³-hybridized carbons (Fsp3) is 0.529. The Morgan fingerprint density at radius 3 is 2.60 bits per heavy atom. The van der Waals surface area contributed by atoms with E-state index in [4.69, 9.17) is 19.9 Å². The normalized spacial score (nSPS) is 20.3. The molecule has 5 rings (SSSR count). The number of rotatable bonds is 11. The Labute approximate surface area is 265 Å². The van der Waals surface area contributed by atoms with Crippen molar-refractivity contribution in [2.24, 2.45) is 16.6 Å². The molecule has 11 heteroatoms. The molecule has 11 nitrogen and oxygen atoms in total. The van der Waals surface area contributed by atoms with Gasteiger partial charge in [-0.1, -0.05) is 49.2 Å². The van der Waals surface area contributed by atoms with Crippen LogP contribution in [0.2, 0.25) is 0 Å². The van der Waals surface area contributed by atoms with Crippen LogP contribution in [0.15, 0.2) is 53.5 Å². The van der Waals surface area contributed by atoms with Crippen molar-refractivity contribution in [1.29, 1.82) is 0 Å². The number of likely N-dealkylation sites (tertiary alicyclic amines) is 1. The monoisotopic (exact) mass is 619 g/mol. The first-order valence-electron chi connectivity index (χ1n) is 16.1. The molecule has 3 aliphatic rings. The first kappa shape index (κ1) is 32.3. The maximum Gasteiger partial charge on any atom is 0.414 e. The second kappa shape index (κ2) is 15.2. The van der Waals surface area contributed by atoms with Crippen LogP contribution in [-0.4, -0.2) is 71.6 Å². The highest BCUT2D eigenvalue weighted by Crippen LogP contribution is 2.37. The molecule has 2 fully saturated rings. The van der Waals surface area contributed by atoms with E-state index in [2.05, 4.69) is 15.2 Å². The Hall–Kier alpha value is -4.12. The van der Waals surface area contributed by atoms with E-state index in [1.165, 1.54) is 25.7 Å². The number of piperidine rings is 1. The molecule has 2 aromatic rings. The Bertz CT molecular complexity index is 1360. The molecule has 2 amide bonds. The van der Waals surface area contributed by atoms with Crippen molar-refractivity contribution < 1.29 is 28.6 Å². The fourth-order valence-corrected chi connectivity index (χ4v) is 6.69. The van der Waals surface area contributed by atoms with Crippen LogP contribution in [0.3, 0.4) is 0 Å². The summed E-state index contributed by atoms with van der Waals surface area (Å²) in [7, 11) is 0. The zero-order valence-corrected chi connectivity index (χ0v) is 26.3. The molecule has 0 bridgehead atoms. The predicted molar refractivity (Wildman–Crippen MR) is 170 cm³/mol. The van der Waals surface area contributed by atoms with Gasteiger partial charge in [-0.3, -0.25) is 19.8 Å². The van der Waals surface area contributed by atoms with Gasteiger partial charge >= 0.3 is 12.1 Å². The minimum atomic E-state index is -0.689. The van der Waals surface area contributed by atoms with Gasteiger partial charge in [0.2, 0.25) is 11.9 Å². The molecule has 0 aromatic heterocycles. The summed E-state index contributed by atoms with van der Waals surface area (Å²) in [5, 5.41) is 2.70. The molecule has 2 aromatic carbocycles. The predicted octanol–water partition coefficient (Wildman–Crippen LogP) is 4.65. The quantitative estimate of drug-likeness (QED) is 0.347. The Morgan fingerprint density at radius 1 is 1.04 bits per heavy atom. The molecular weight excluding hydrogens is 574 g/mol. The Morgan fingerprint density at radius 2 is 1.82 bits per heavy atom. The number of carbonyl (C=O) groups is 3. The van der Waals surface area contributed by atoms with Crippen molar-refractivity contribution in [2.75, 3.05) is 19.7 Å². The molecule has 242 valence electrons. The molecule has 3 atom stereocenters. The molecule has 0 spiro atoms. The highest BCUT2D eigenvalue weighted by Gasteiger charge is 2.38. The maximum atomic E-state index is 12.7. The van der Waals surface area contributed by atoms with E-state index in [0.29, 0.717) is 43.0 Å². The lowest BCUT2D eigenvalue weighted by molar-refractivity contribution is -0.147. The number of nitrogens with one attached hydrogen (secondary N) is 1. The maximum absolute atomic E-state index is 12.7. The van der Waals surface area contributed by atoms with Crippen LogP contribution in [0.4, 0.5) is 10.5 Å². The number of carbonyl (C=O) groups excluding carboxylic acids is 3. The van der Waals surface area contributed by atoms with Crippen molar-refractivity contribution in [3.8, 4) is 5.75 Å². The van der Waals surface area contributed by atoms with Crippen LogP contribution in [0.25, 0.3) is 0 Å². The molecule has 0 radical (unpaired) electrons. The van der Waals surface area contributed by atoms with Gasteiger partial charge in [0.05, 0.1) is 24.4 Å². The average molecular weight is 620 g/mol. The van der Waals surface area contributed by atoms with Crippen molar-refractivity contribution >= 4 is 29.6 Å². The molecule has 1 saturated carbocycles. The summed E-state index contributed by atoms with van der Waals surface area (Å²) in [6.07, 6.45) is 6.70. The minimum Gasteiger partial charge on any atom is -0.493 e. The topological polar surface area (TPSA) is 136 Å². The van der Waals surface area contributed by atoms with Crippen LogP contribution in [0, 0.1) is 5.92 Å². The third-order valence-electron chi connectivity index (χ3n) is 8.73. The molecule has 2 aliphatic heterocycles. The molecule has 1 aliphatic carbocycles. The van der Waals surface area contributed by atoms with Crippen molar-refractivity contribution in [2.45, 2.75) is 90.1 Å². The Balaban J connectivity index is 1.25. The highest BCUT2D eigenvalue weighted by molar-refractivity contribution is 5.97. The van der Waals surface area contributed by atoms with E-state index < -0.39 is 12.1 Å². The molecule has 2 heterocycles. The number of nitrogens with zero attached hydrogens (tertiary/aromatic N) is 3. The first-order chi connectivity index (χ1) is 21.8. The van der Waals surface area contributed by atoms with E-state index in [9.17, 15) is 14.4 Å². The number of ether oxygens (including phenoxy) is 3. The third kappa shape index (κ3) is 8.75. The largest absolute Gasteiger partial charge is 0.493 e. The molecule has 1 saturated heterocycles. The number of esters is 1. The molecule has 45 heavy (non-hydrogen) atoms. The SMILES string of the molecule is CC(C)OC(=O)CN1Cc2ccc(OCCC(C(N)=O)N3CCCC4CCCCC43)cc2N=C1NC(=O)OCc1ccccc1. The molecule has 3 unspecified atom stereocenters. The molecular formula is C34H45N5O6. The number of aliphatic imine (C=N–C) groups is 1. The van der Waals surface area contributed by atoms with Gasteiger partial charge in [-0.15, -0.1) is 0 Å². The second-order valence-electron chi connectivity index (χ2n) is 12.4. The van der Waals surface area contributed by atoms with Crippen molar-refractivity contribution in [3.05, 3.63) is 59.7 Å². The van der Waals surface area contributed by atoms with Crippen LogP contribution in [-0.2, 0) is 32.2 Å². The third-order valence-corrected chi connectivity index (χ3v) is 8.73. The zero-order chi connectivity index (χ0) is 31.8. The lowest BCUT2D eigenvalue weighted by Gasteiger charge is -2.46. The number of amides is 2. The van der Waals surface area contributed by atoms with Crippen LogP contribution >= 0.6 is 0 Å². The van der Waals surface area contributed by atoms with E-state index in [1.807, 2.05) is 42.5 Å². The number of hydrogen-bond donors (Lipinski definition) is 2. The number of benzene rings is 2. The zero-order valence-electron chi connectivity index (χ0n) is 26.3. The summed E-state index contributed by atoms with van der Waals surface area (Å²) >= 11 is 0. The van der Waals surface area contributed by atoms with Gasteiger partial charge in [0.1, 0.15) is 18.9 Å². The second-order valence-corrected chi connectivity index (χ2v) is 12.4. The van der Waals surface area contributed by atoms with Gasteiger partial charge in [-0.2, -0.15) is 0 Å². The van der Waals surface area contributed by atoms with Gasteiger partial charge in [0, 0.05) is 25.1 Å². The van der Waals surface area contributed by atoms with Crippen LogP contribution in [0.1, 0.15) is 69.9 Å². The summed E-state index contributed by atoms with van der Waals surface area (Å²) in [6, 6.07) is 15.0. The average Bonchev–Trinajstić information content (AvgIpc) is 3.02. The van der Waals surface area contributed by atoms with Gasteiger partial charge in [0.25, 0.3) is 0 Å². The fourth-order valence-electron chi connectivity index (χ4n) is 6.69. The summed E-state index contributed by atoms with van der Waals surface area (Å²) in [6.45, 7) is 5.10. The van der Waals surface area contributed by atoms with Crippen molar-refractivity contribution in [1.82, 2.24) is 15.1 Å². The summed E-state index contributed by atoms with van der Waals surface area (Å²) in [4.78, 5) is 46.4. The summed E-state index contributed by atoms with van der Waals surface area (Å²) in [5.74, 6) is 0.690. The van der Waals surface area contributed by atoms with E-state index in [1.54, 1.807) is 24.8 Å². The molecule has 3 N–H and O–H groups in total. The number of fused-ring (bicyclic) bond motifs is 2. The number of nitrogens with two attached hydrogens (primary N) is 1. The smallest absolute Gasteiger partial charge is 0.414 e. The number of guanidine groups is 1. The van der Waals surface area contributed by atoms with Crippen LogP contribution < -0.4 is 15.8 Å². The Kier molecular flexibility index (Phi) is 10.9. The van der Waals surface area contributed by atoms with Gasteiger partial charge < -0.3 is 24.8 Å². The van der Waals surface area contributed by atoms with E-state index in [-0.39, 0.29) is 37.2 Å². The standard InChI is InChI=1S/C34H45N5O6/c1-23(2)45-31(40)21-38-20-26-14-15-27(19-28(26)36-33(38)37-34(42)44-22-24-9-4-3-5-10-24)43-18-16-30(32(35)41)39-17-8-12-25-11-6-7-13-29(25)39/h3-5,9-10,14-15,19,23,25,29-30H,6-8,11-13,16-18,20-22H2,1-2H3,(H2,35,41)(H,36,37,42). The lowest BCUT2D eigenvalue weighted by atomic mass is 9.77. The van der Waals surface area contributed by atoms with E-state index in [0.717, 1.165) is 30.5 Å². The number of hydrogen-bond acceptors (Lipinski definition) is 9. The minimum absolute atomic E-state index is 0.0923. The highest BCUT2D eigenvalue weighted by atomic mass is 16.6. The van der Waals surface area contributed by atoms with Crippen molar-refractivity contribution in [3.63, 3.8) is 0 Å².